The van der Waals surface area contributed by atoms with Crippen LogP contribution in [0.4, 0.5) is 0 Å². The van der Waals surface area contributed by atoms with Crippen LogP contribution in [0.15, 0.2) is 66.7 Å². The van der Waals surface area contributed by atoms with Gasteiger partial charge in [-0.15, -0.1) is 0 Å². The Hall–Kier alpha value is -3.48. The van der Waals surface area contributed by atoms with Crippen LogP contribution in [0.5, 0.6) is 11.5 Å². The molecule has 0 fully saturated rings. The molecule has 160 valence electrons. The summed E-state index contributed by atoms with van der Waals surface area (Å²) in [6.45, 7) is 0.252. The normalized spacial score (nSPS) is 15.2. The zero-order chi connectivity index (χ0) is 22.4. The number of nitrogens with zero attached hydrogens (tertiary/aromatic N) is 2. The number of hydrogen-bond acceptors (Lipinski definition) is 4. The van der Waals surface area contributed by atoms with E-state index in [-0.39, 0.29) is 24.0 Å². The number of H-pyrrole nitrogens is 1. The smallest absolute Gasteiger partial charge is 0.273 e. The van der Waals surface area contributed by atoms with Crippen LogP contribution in [0, 0.1) is 0 Å². The molecule has 0 spiro atoms. The van der Waals surface area contributed by atoms with Crippen LogP contribution in [0.25, 0.3) is 11.3 Å². The molecule has 0 bridgehead atoms. The molecule has 1 amide bonds. The highest BCUT2D eigenvalue weighted by Crippen LogP contribution is 2.46. The van der Waals surface area contributed by atoms with Crippen molar-refractivity contribution in [1.29, 1.82) is 0 Å². The van der Waals surface area contributed by atoms with E-state index in [1.54, 1.807) is 41.3 Å². The molecule has 3 N–H and O–H groups in total. The second-order valence-electron chi connectivity index (χ2n) is 7.54. The average molecular weight is 466 g/mol. The highest BCUT2D eigenvalue weighted by molar-refractivity contribution is 6.31. The molecule has 1 atom stereocenters. The van der Waals surface area contributed by atoms with E-state index in [1.807, 2.05) is 24.3 Å². The molecule has 6 nitrogen and oxygen atoms in total. The summed E-state index contributed by atoms with van der Waals surface area (Å²) in [5.41, 5.74) is 3.24. The molecule has 5 rings (SSSR count). The average Bonchev–Trinajstić information content (AvgIpc) is 3.31. The number of amides is 1. The largest absolute Gasteiger partial charge is 0.508 e. The molecule has 0 saturated carbocycles. The van der Waals surface area contributed by atoms with Gasteiger partial charge >= 0.3 is 0 Å². The predicted molar refractivity (Wildman–Crippen MR) is 122 cm³/mol. The first kappa shape index (κ1) is 20.4. The van der Waals surface area contributed by atoms with Crippen LogP contribution >= 0.6 is 23.2 Å². The highest BCUT2D eigenvalue weighted by atomic mass is 35.5. The monoisotopic (exact) mass is 465 g/mol. The summed E-state index contributed by atoms with van der Waals surface area (Å²) in [7, 11) is 0. The van der Waals surface area contributed by atoms with Crippen molar-refractivity contribution in [3.63, 3.8) is 0 Å². The summed E-state index contributed by atoms with van der Waals surface area (Å²) in [6.07, 6.45) is 0. The number of hydrogen-bond donors (Lipinski definition) is 3. The minimum absolute atomic E-state index is 0.00429. The second kappa shape index (κ2) is 7.89. The van der Waals surface area contributed by atoms with Gasteiger partial charge in [0.15, 0.2) is 0 Å². The fraction of sp³-hybridized carbons (Fsp3) is 0.0833. The standard InChI is InChI=1S/C24H17Cl2N3O3/c25-15-8-9-19(31)17(11-15)21-20-22(28-27-21)24(32)29(12-14-4-1-2-7-18(14)26)23(20)13-5-3-6-16(30)10-13/h1-11,23,30-31H,12H2,(H,27,28). The van der Waals surface area contributed by atoms with Crippen molar-refractivity contribution < 1.29 is 15.0 Å². The fourth-order valence-corrected chi connectivity index (χ4v) is 4.48. The number of halogens is 2. The molecule has 1 aliphatic heterocycles. The molecule has 32 heavy (non-hydrogen) atoms. The predicted octanol–water partition coefficient (Wildman–Crippen LogP) is 5.54. The zero-order valence-electron chi connectivity index (χ0n) is 16.6. The van der Waals surface area contributed by atoms with Gasteiger partial charge in [0.2, 0.25) is 0 Å². The van der Waals surface area contributed by atoms with E-state index < -0.39 is 6.04 Å². The molecule has 4 aromatic rings. The first-order valence-electron chi connectivity index (χ1n) is 9.84. The maximum atomic E-state index is 13.4. The van der Waals surface area contributed by atoms with E-state index in [9.17, 15) is 15.0 Å². The lowest BCUT2D eigenvalue weighted by Crippen LogP contribution is -2.29. The van der Waals surface area contributed by atoms with E-state index in [1.165, 1.54) is 6.07 Å². The van der Waals surface area contributed by atoms with Gasteiger partial charge in [0.05, 0.1) is 6.04 Å². The van der Waals surface area contributed by atoms with Gasteiger partial charge in [-0.1, -0.05) is 53.5 Å². The van der Waals surface area contributed by atoms with Gasteiger partial charge in [-0.3, -0.25) is 9.89 Å². The third kappa shape index (κ3) is 3.38. The quantitative estimate of drug-likeness (QED) is 0.369. The van der Waals surface area contributed by atoms with Crippen molar-refractivity contribution >= 4 is 29.1 Å². The lowest BCUT2D eigenvalue weighted by Gasteiger charge is -2.27. The Morgan fingerprint density at radius 1 is 1.00 bits per heavy atom. The molecule has 2 heterocycles. The topological polar surface area (TPSA) is 89.5 Å². The number of rotatable bonds is 4. The number of fused-ring (bicyclic) bond motifs is 1. The Balaban J connectivity index is 1.69. The molecule has 0 aliphatic carbocycles. The molecule has 1 aromatic heterocycles. The Bertz CT molecular complexity index is 1350. The Labute approximate surface area is 193 Å². The summed E-state index contributed by atoms with van der Waals surface area (Å²) in [5.74, 6) is -0.180. The molecular formula is C24H17Cl2N3O3. The summed E-state index contributed by atoms with van der Waals surface area (Å²) >= 11 is 12.5. The van der Waals surface area contributed by atoms with E-state index >= 15 is 0 Å². The fourth-order valence-electron chi connectivity index (χ4n) is 4.11. The Kier molecular flexibility index (Phi) is 5.04. The first-order chi connectivity index (χ1) is 15.4. The van der Waals surface area contributed by atoms with E-state index in [4.69, 9.17) is 23.2 Å². The van der Waals surface area contributed by atoms with Crippen molar-refractivity contribution in [2.45, 2.75) is 12.6 Å². The number of aromatic amines is 1. The number of carbonyl (C=O) groups excluding carboxylic acids is 1. The molecule has 0 radical (unpaired) electrons. The second-order valence-corrected chi connectivity index (χ2v) is 8.39. The van der Waals surface area contributed by atoms with Crippen molar-refractivity contribution in [2.75, 3.05) is 0 Å². The molecular weight excluding hydrogens is 449 g/mol. The molecule has 3 aromatic carbocycles. The van der Waals surface area contributed by atoms with E-state index in [0.717, 1.165) is 5.56 Å². The lowest BCUT2D eigenvalue weighted by molar-refractivity contribution is 0.0730. The van der Waals surface area contributed by atoms with Crippen LogP contribution in [0.3, 0.4) is 0 Å². The Morgan fingerprint density at radius 2 is 1.81 bits per heavy atom. The third-order valence-electron chi connectivity index (χ3n) is 5.56. The number of aromatic hydroxyl groups is 2. The van der Waals surface area contributed by atoms with Crippen molar-refractivity contribution in [3.8, 4) is 22.8 Å². The molecule has 1 aliphatic rings. The maximum Gasteiger partial charge on any atom is 0.273 e. The minimum Gasteiger partial charge on any atom is -0.508 e. The maximum absolute atomic E-state index is 13.4. The summed E-state index contributed by atoms with van der Waals surface area (Å²) in [6, 6.07) is 18.2. The molecule has 8 heteroatoms. The van der Waals surface area contributed by atoms with Crippen LogP contribution in [0.1, 0.15) is 33.2 Å². The van der Waals surface area contributed by atoms with Gasteiger partial charge in [0.1, 0.15) is 22.9 Å². The van der Waals surface area contributed by atoms with Gasteiger partial charge in [-0.05, 0) is 47.5 Å². The number of carbonyl (C=O) groups is 1. The number of aromatic nitrogens is 2. The van der Waals surface area contributed by atoms with Gasteiger partial charge in [0.25, 0.3) is 5.91 Å². The van der Waals surface area contributed by atoms with Gasteiger partial charge in [-0.25, -0.2) is 0 Å². The number of benzene rings is 3. The van der Waals surface area contributed by atoms with Crippen LogP contribution in [-0.4, -0.2) is 31.2 Å². The Morgan fingerprint density at radius 3 is 2.59 bits per heavy atom. The summed E-state index contributed by atoms with van der Waals surface area (Å²) < 4.78 is 0. The van der Waals surface area contributed by atoms with Crippen LogP contribution < -0.4 is 0 Å². The van der Waals surface area contributed by atoms with Crippen LogP contribution in [0.2, 0.25) is 10.0 Å². The van der Waals surface area contributed by atoms with E-state index in [2.05, 4.69) is 10.2 Å². The van der Waals surface area contributed by atoms with Crippen molar-refractivity contribution in [1.82, 2.24) is 15.1 Å². The van der Waals surface area contributed by atoms with E-state index in [0.29, 0.717) is 38.1 Å². The molecule has 1 unspecified atom stereocenters. The first-order valence-corrected chi connectivity index (χ1v) is 10.6. The van der Waals surface area contributed by atoms with Gasteiger partial charge in [-0.2, -0.15) is 5.10 Å². The minimum atomic E-state index is -0.562. The summed E-state index contributed by atoms with van der Waals surface area (Å²) in [4.78, 5) is 15.1. The highest BCUT2D eigenvalue weighted by Gasteiger charge is 2.42. The van der Waals surface area contributed by atoms with Crippen LogP contribution in [-0.2, 0) is 6.54 Å². The van der Waals surface area contributed by atoms with Gasteiger partial charge < -0.3 is 15.1 Å². The SMILES string of the molecule is O=C1c2[nH]nc(-c3cc(Cl)ccc3O)c2C(c2cccc(O)c2)N1Cc1ccccc1Cl. The van der Waals surface area contributed by atoms with Crippen molar-refractivity contribution in [3.05, 3.63) is 99.2 Å². The molecule has 0 saturated heterocycles. The summed E-state index contributed by atoms with van der Waals surface area (Å²) in [5, 5.41) is 28.7. The van der Waals surface area contributed by atoms with Gasteiger partial charge in [0, 0.05) is 27.7 Å². The number of nitrogens with one attached hydrogen (secondary N) is 1. The zero-order valence-corrected chi connectivity index (χ0v) is 18.1. The number of phenolic OH excluding ortho intramolecular Hbond substituents is 2. The number of phenols is 2. The lowest BCUT2D eigenvalue weighted by atomic mass is 9.95. The van der Waals surface area contributed by atoms with Crippen molar-refractivity contribution in [2.24, 2.45) is 0 Å². The third-order valence-corrected chi connectivity index (χ3v) is 6.17.